The first-order valence-corrected chi connectivity index (χ1v) is 10.1. The number of nitrogens with one attached hydrogen (secondary N) is 3. The lowest BCUT2D eigenvalue weighted by Crippen LogP contribution is -2.56. The van der Waals surface area contributed by atoms with E-state index in [0.717, 1.165) is 0 Å². The van der Waals surface area contributed by atoms with Crippen LogP contribution in [0.25, 0.3) is 0 Å². The Hall–Kier alpha value is -2.69. The number of carboxylic acids is 1. The van der Waals surface area contributed by atoms with Crippen LogP contribution < -0.4 is 21.7 Å². The van der Waals surface area contributed by atoms with Gasteiger partial charge < -0.3 is 31.7 Å². The van der Waals surface area contributed by atoms with Gasteiger partial charge in [0.2, 0.25) is 23.6 Å². The molecule has 1 saturated heterocycles. The van der Waals surface area contributed by atoms with Crippen LogP contribution in [-0.2, 0) is 24.0 Å². The lowest BCUT2D eigenvalue weighted by atomic mass is 10.0. The summed E-state index contributed by atoms with van der Waals surface area (Å²) in [4.78, 5) is 61.6. The van der Waals surface area contributed by atoms with E-state index in [-0.39, 0.29) is 24.9 Å². The normalized spacial score (nSPS) is 18.1. The van der Waals surface area contributed by atoms with Gasteiger partial charge in [-0.3, -0.25) is 19.2 Å². The molecule has 0 aromatic rings. The van der Waals surface area contributed by atoms with E-state index in [4.69, 9.17) is 5.73 Å². The van der Waals surface area contributed by atoms with Gasteiger partial charge in [0.15, 0.2) is 0 Å². The summed E-state index contributed by atoms with van der Waals surface area (Å²) in [6.45, 7) is 6.63. The molecule has 170 valence electrons. The van der Waals surface area contributed by atoms with E-state index in [1.165, 1.54) is 4.90 Å². The molecule has 4 amide bonds. The summed E-state index contributed by atoms with van der Waals surface area (Å²) in [5, 5.41) is 16.8. The Labute approximate surface area is 176 Å². The number of amides is 4. The van der Waals surface area contributed by atoms with E-state index in [2.05, 4.69) is 16.0 Å². The molecular weight excluding hydrogens is 394 g/mol. The van der Waals surface area contributed by atoms with Crippen molar-refractivity contribution in [2.45, 2.75) is 58.7 Å². The van der Waals surface area contributed by atoms with Crippen molar-refractivity contribution in [3.8, 4) is 0 Å². The molecule has 30 heavy (non-hydrogen) atoms. The number of carbonyl (C=O) groups excluding carboxylic acids is 4. The van der Waals surface area contributed by atoms with Gasteiger partial charge in [0.05, 0.1) is 13.1 Å². The Kier molecular flexibility index (Phi) is 9.70. The van der Waals surface area contributed by atoms with Gasteiger partial charge >= 0.3 is 5.97 Å². The van der Waals surface area contributed by atoms with Crippen molar-refractivity contribution in [3.05, 3.63) is 0 Å². The molecule has 0 aliphatic carbocycles. The van der Waals surface area contributed by atoms with E-state index in [1.54, 1.807) is 27.7 Å². The number of aliphatic carboxylic acids is 1. The van der Waals surface area contributed by atoms with Crippen molar-refractivity contribution in [2.24, 2.45) is 17.6 Å². The molecule has 0 aromatic heterocycles. The Bertz CT molecular complexity index is 666. The van der Waals surface area contributed by atoms with Crippen LogP contribution >= 0.6 is 0 Å². The van der Waals surface area contributed by atoms with Crippen molar-refractivity contribution in [1.82, 2.24) is 20.9 Å². The number of rotatable bonds is 10. The molecule has 1 fully saturated rings. The Morgan fingerprint density at radius 1 is 1.00 bits per heavy atom. The number of carbonyl (C=O) groups is 5. The summed E-state index contributed by atoms with van der Waals surface area (Å²) < 4.78 is 0. The second-order valence-corrected chi connectivity index (χ2v) is 8.03. The van der Waals surface area contributed by atoms with Crippen LogP contribution in [0.5, 0.6) is 0 Å². The molecule has 1 rings (SSSR count). The third-order valence-corrected chi connectivity index (χ3v) is 4.94. The maximum atomic E-state index is 12.8. The van der Waals surface area contributed by atoms with E-state index in [0.29, 0.717) is 19.4 Å². The Morgan fingerprint density at radius 3 is 2.07 bits per heavy atom. The quantitative estimate of drug-likeness (QED) is 0.280. The smallest absolute Gasteiger partial charge is 0.326 e. The monoisotopic (exact) mass is 427 g/mol. The lowest BCUT2D eigenvalue weighted by molar-refractivity contribution is -0.150. The zero-order chi connectivity index (χ0) is 23.0. The molecule has 11 nitrogen and oxygen atoms in total. The number of nitrogens with zero attached hydrogens (tertiary/aromatic N) is 1. The molecule has 11 heteroatoms. The van der Waals surface area contributed by atoms with Crippen LogP contribution in [0, 0.1) is 11.8 Å². The fourth-order valence-electron chi connectivity index (χ4n) is 3.25. The van der Waals surface area contributed by atoms with Crippen molar-refractivity contribution in [3.63, 3.8) is 0 Å². The molecule has 0 aromatic carbocycles. The molecular formula is C19H33N5O6. The first kappa shape index (κ1) is 25.3. The average molecular weight is 428 g/mol. The van der Waals surface area contributed by atoms with Crippen LogP contribution in [0.15, 0.2) is 0 Å². The van der Waals surface area contributed by atoms with Crippen molar-refractivity contribution in [2.75, 3.05) is 19.6 Å². The van der Waals surface area contributed by atoms with Gasteiger partial charge in [0.25, 0.3) is 0 Å². The first-order chi connectivity index (χ1) is 14.0. The second kappa shape index (κ2) is 11.5. The highest BCUT2D eigenvalue weighted by Gasteiger charge is 2.38. The molecule has 0 radical (unpaired) electrons. The fourth-order valence-corrected chi connectivity index (χ4v) is 3.25. The largest absolute Gasteiger partial charge is 0.480 e. The van der Waals surface area contributed by atoms with Gasteiger partial charge in [-0.1, -0.05) is 27.7 Å². The topological polar surface area (TPSA) is 171 Å². The highest BCUT2D eigenvalue weighted by molar-refractivity contribution is 5.94. The van der Waals surface area contributed by atoms with Crippen molar-refractivity contribution >= 4 is 29.6 Å². The first-order valence-electron chi connectivity index (χ1n) is 10.1. The third kappa shape index (κ3) is 6.97. The van der Waals surface area contributed by atoms with E-state index < -0.39 is 47.7 Å². The molecule has 1 aliphatic rings. The summed E-state index contributed by atoms with van der Waals surface area (Å²) in [5.74, 6) is -3.64. The zero-order valence-electron chi connectivity index (χ0n) is 17.9. The van der Waals surface area contributed by atoms with Gasteiger partial charge in [0.1, 0.15) is 18.1 Å². The van der Waals surface area contributed by atoms with E-state index in [9.17, 15) is 29.1 Å². The Balaban J connectivity index is 2.71. The summed E-state index contributed by atoms with van der Waals surface area (Å²) in [7, 11) is 0. The zero-order valence-corrected chi connectivity index (χ0v) is 17.9. The van der Waals surface area contributed by atoms with E-state index in [1.807, 2.05) is 0 Å². The summed E-state index contributed by atoms with van der Waals surface area (Å²) in [6.07, 6.45) is 0.962. The van der Waals surface area contributed by atoms with Crippen molar-refractivity contribution in [1.29, 1.82) is 0 Å². The number of nitrogens with two attached hydrogens (primary N) is 1. The SMILES string of the molecule is CC(C)C(NC(=O)CN)C(=O)NCC(=O)NC(C(=O)N1CCC[C@H]1C(=O)O)C(C)C. The van der Waals surface area contributed by atoms with Gasteiger partial charge in [0, 0.05) is 6.54 Å². The maximum absolute atomic E-state index is 12.8. The van der Waals surface area contributed by atoms with Crippen LogP contribution in [-0.4, -0.2) is 77.4 Å². The molecule has 0 spiro atoms. The fraction of sp³-hybridized carbons (Fsp3) is 0.737. The lowest BCUT2D eigenvalue weighted by Gasteiger charge is -2.29. The van der Waals surface area contributed by atoms with Gasteiger partial charge in [-0.15, -0.1) is 0 Å². The molecule has 0 saturated carbocycles. The standard InChI is InChI=1S/C19H33N5O6/c1-10(2)15(22-13(25)8-20)17(27)21-9-14(26)23-16(11(3)4)18(28)24-7-5-6-12(24)19(29)30/h10-12,15-16H,5-9,20H2,1-4H3,(H,21,27)(H,22,25)(H,23,26)(H,29,30)/t12-,15?,16?/m0/s1. The van der Waals surface area contributed by atoms with Crippen LogP contribution in [0.2, 0.25) is 0 Å². The predicted octanol–water partition coefficient (Wildman–Crippen LogP) is -1.58. The molecule has 0 bridgehead atoms. The third-order valence-electron chi connectivity index (χ3n) is 4.94. The Morgan fingerprint density at radius 2 is 1.57 bits per heavy atom. The van der Waals surface area contributed by atoms with Gasteiger partial charge in [-0.25, -0.2) is 4.79 Å². The minimum absolute atomic E-state index is 0.225. The molecule has 1 heterocycles. The number of likely N-dealkylation sites (tertiary alicyclic amines) is 1. The molecule has 1 aliphatic heterocycles. The predicted molar refractivity (Wildman–Crippen MR) is 108 cm³/mol. The second-order valence-electron chi connectivity index (χ2n) is 8.03. The molecule has 6 N–H and O–H groups in total. The maximum Gasteiger partial charge on any atom is 0.326 e. The summed E-state index contributed by atoms with van der Waals surface area (Å²) in [5.41, 5.74) is 5.25. The van der Waals surface area contributed by atoms with E-state index >= 15 is 0 Å². The number of hydrogen-bond donors (Lipinski definition) is 5. The van der Waals surface area contributed by atoms with Crippen LogP contribution in [0.1, 0.15) is 40.5 Å². The minimum atomic E-state index is -1.07. The highest BCUT2D eigenvalue weighted by atomic mass is 16.4. The van der Waals surface area contributed by atoms with Crippen LogP contribution in [0.4, 0.5) is 0 Å². The summed E-state index contributed by atoms with van der Waals surface area (Å²) in [6, 6.07) is -2.65. The molecule has 3 atom stereocenters. The van der Waals surface area contributed by atoms with Crippen LogP contribution in [0.3, 0.4) is 0 Å². The minimum Gasteiger partial charge on any atom is -0.480 e. The van der Waals surface area contributed by atoms with Crippen molar-refractivity contribution < 1.29 is 29.1 Å². The van der Waals surface area contributed by atoms with Gasteiger partial charge in [-0.2, -0.15) is 0 Å². The molecule has 2 unspecified atom stereocenters. The number of hydrogen-bond acceptors (Lipinski definition) is 6. The highest BCUT2D eigenvalue weighted by Crippen LogP contribution is 2.20. The summed E-state index contributed by atoms with van der Waals surface area (Å²) >= 11 is 0. The average Bonchev–Trinajstić information content (AvgIpc) is 3.17. The number of carboxylic acid groups (broad SMARTS) is 1. The van der Waals surface area contributed by atoms with Gasteiger partial charge in [-0.05, 0) is 24.7 Å².